The number of aromatic nitrogens is 1. The summed E-state index contributed by atoms with van der Waals surface area (Å²) in [4.78, 5) is 35.6. The average molecular weight is 411 g/mol. The van der Waals surface area contributed by atoms with Gasteiger partial charge in [-0.25, -0.2) is 4.39 Å². The quantitative estimate of drug-likeness (QED) is 0.667. The molecule has 1 aromatic heterocycles. The Morgan fingerprint density at radius 3 is 2.48 bits per heavy atom. The molecule has 0 spiro atoms. The molecule has 1 saturated heterocycles. The highest BCUT2D eigenvalue weighted by atomic mass is 35.5. The van der Waals surface area contributed by atoms with E-state index in [1.54, 1.807) is 42.6 Å². The molecule has 0 bridgehead atoms. The van der Waals surface area contributed by atoms with Crippen LogP contribution in [0.4, 0.5) is 4.39 Å². The fourth-order valence-electron chi connectivity index (χ4n) is 3.51. The molecule has 1 aliphatic heterocycles. The number of hydrogen-bond acceptors (Lipinski definition) is 3. The van der Waals surface area contributed by atoms with E-state index in [9.17, 15) is 18.8 Å². The Morgan fingerprint density at radius 1 is 1.03 bits per heavy atom. The van der Waals surface area contributed by atoms with Crippen LogP contribution in [-0.2, 0) is 9.59 Å². The number of nitrogens with zero attached hydrogens (tertiary/aromatic N) is 1. The van der Waals surface area contributed by atoms with Gasteiger partial charge >= 0.3 is 0 Å². The molecule has 2 amide bonds. The zero-order chi connectivity index (χ0) is 20.5. The molecule has 1 aliphatic rings. The fraction of sp³-hybridized carbons (Fsp3) is 0.136. The van der Waals surface area contributed by atoms with Gasteiger partial charge in [0.25, 0.3) is 5.56 Å². The smallest absolute Gasteiger partial charge is 0.255 e. The highest BCUT2D eigenvalue weighted by Gasteiger charge is 2.30. The Bertz CT molecular complexity index is 1170. The van der Waals surface area contributed by atoms with E-state index >= 15 is 0 Å². The van der Waals surface area contributed by atoms with Gasteiger partial charge in [0.05, 0.1) is 10.9 Å². The first-order chi connectivity index (χ1) is 13.9. The average Bonchev–Trinajstić information content (AvgIpc) is 2.70. The van der Waals surface area contributed by atoms with Crippen molar-refractivity contribution in [2.75, 3.05) is 0 Å². The Hall–Kier alpha value is -3.25. The number of carbonyl (C=O) groups is 2. The molecule has 1 N–H and O–H groups in total. The Balaban J connectivity index is 1.73. The van der Waals surface area contributed by atoms with Crippen LogP contribution in [0.15, 0.2) is 65.6 Å². The van der Waals surface area contributed by atoms with E-state index in [0.29, 0.717) is 22.4 Å². The van der Waals surface area contributed by atoms with E-state index < -0.39 is 17.6 Å². The molecule has 0 aliphatic carbocycles. The van der Waals surface area contributed by atoms with Gasteiger partial charge in [-0.3, -0.25) is 24.3 Å². The summed E-state index contributed by atoms with van der Waals surface area (Å²) in [7, 11) is 0. The van der Waals surface area contributed by atoms with Gasteiger partial charge in [0.15, 0.2) is 0 Å². The van der Waals surface area contributed by atoms with E-state index in [-0.39, 0.29) is 29.3 Å². The number of imide groups is 1. The summed E-state index contributed by atoms with van der Waals surface area (Å²) in [5, 5.41) is 2.54. The molecule has 3 aromatic rings. The predicted molar refractivity (Wildman–Crippen MR) is 108 cm³/mol. The molecular formula is C22H16ClFN2O3. The number of pyridine rings is 1. The summed E-state index contributed by atoms with van der Waals surface area (Å²) >= 11 is 6.55. The largest absolute Gasteiger partial charge is 0.296 e. The standard InChI is InChI=1S/C22H16ClFN2O3/c23-21-17(11-14(24)12-18(21)16-8-9-19(27)25-22(16)29)13-4-6-15(7-5-13)26-10-2-1-3-20(26)28/h1-7,10-12,16H,8-9H2,(H,25,27,29). The van der Waals surface area contributed by atoms with Crippen LogP contribution in [0.1, 0.15) is 24.3 Å². The van der Waals surface area contributed by atoms with Gasteiger partial charge in [-0.15, -0.1) is 0 Å². The zero-order valence-corrected chi connectivity index (χ0v) is 15.9. The lowest BCUT2D eigenvalue weighted by Gasteiger charge is -2.23. The summed E-state index contributed by atoms with van der Waals surface area (Å²) in [6.07, 6.45) is 2.12. The van der Waals surface area contributed by atoms with Gasteiger partial charge in [-0.1, -0.05) is 29.8 Å². The van der Waals surface area contributed by atoms with E-state index in [1.807, 2.05) is 0 Å². The topological polar surface area (TPSA) is 68.2 Å². The van der Waals surface area contributed by atoms with Gasteiger partial charge < -0.3 is 0 Å². The third kappa shape index (κ3) is 3.71. The third-order valence-corrected chi connectivity index (χ3v) is 5.38. The van der Waals surface area contributed by atoms with Gasteiger partial charge in [-0.2, -0.15) is 0 Å². The van der Waals surface area contributed by atoms with Crippen molar-refractivity contribution in [3.8, 4) is 16.8 Å². The second kappa shape index (κ2) is 7.64. The highest BCUT2D eigenvalue weighted by Crippen LogP contribution is 2.38. The molecule has 2 aromatic carbocycles. The summed E-state index contributed by atoms with van der Waals surface area (Å²) in [6.45, 7) is 0. The molecule has 146 valence electrons. The first-order valence-corrected chi connectivity index (χ1v) is 9.43. The van der Waals surface area contributed by atoms with Crippen LogP contribution in [-0.4, -0.2) is 16.4 Å². The monoisotopic (exact) mass is 410 g/mol. The molecular weight excluding hydrogens is 395 g/mol. The van der Waals surface area contributed by atoms with Gasteiger partial charge in [0, 0.05) is 29.9 Å². The minimum absolute atomic E-state index is 0.163. The number of nitrogens with one attached hydrogen (secondary N) is 1. The molecule has 5 nitrogen and oxygen atoms in total. The van der Waals surface area contributed by atoms with Gasteiger partial charge in [0.1, 0.15) is 5.82 Å². The Labute approximate surface area is 170 Å². The van der Waals surface area contributed by atoms with Crippen molar-refractivity contribution in [3.05, 3.63) is 87.6 Å². The molecule has 2 heterocycles. The fourth-order valence-corrected chi connectivity index (χ4v) is 3.86. The van der Waals surface area contributed by atoms with Crippen LogP contribution in [0.5, 0.6) is 0 Å². The minimum Gasteiger partial charge on any atom is -0.296 e. The molecule has 1 unspecified atom stereocenters. The van der Waals surface area contributed by atoms with Crippen molar-refractivity contribution in [1.82, 2.24) is 9.88 Å². The third-order valence-electron chi connectivity index (χ3n) is 4.96. The van der Waals surface area contributed by atoms with Crippen LogP contribution in [0.3, 0.4) is 0 Å². The van der Waals surface area contributed by atoms with E-state index in [1.165, 1.54) is 22.8 Å². The van der Waals surface area contributed by atoms with Gasteiger partial charge in [0.2, 0.25) is 11.8 Å². The predicted octanol–water partition coefficient (Wildman–Crippen LogP) is 3.82. The number of rotatable bonds is 3. The number of halogens is 2. The summed E-state index contributed by atoms with van der Waals surface area (Å²) in [5.74, 6) is -2.02. The van der Waals surface area contributed by atoms with Crippen molar-refractivity contribution in [2.24, 2.45) is 0 Å². The number of benzene rings is 2. The van der Waals surface area contributed by atoms with Crippen LogP contribution in [0.2, 0.25) is 5.02 Å². The molecule has 1 atom stereocenters. The molecule has 7 heteroatoms. The van der Waals surface area contributed by atoms with Crippen LogP contribution in [0, 0.1) is 5.82 Å². The molecule has 4 rings (SSSR count). The number of piperidine rings is 1. The number of carbonyl (C=O) groups excluding carboxylic acids is 2. The summed E-state index contributed by atoms with van der Waals surface area (Å²) < 4.78 is 15.8. The van der Waals surface area contributed by atoms with E-state index in [4.69, 9.17) is 11.6 Å². The van der Waals surface area contributed by atoms with Crippen LogP contribution < -0.4 is 10.9 Å². The first kappa shape index (κ1) is 19.1. The highest BCUT2D eigenvalue weighted by molar-refractivity contribution is 6.34. The molecule has 29 heavy (non-hydrogen) atoms. The van der Waals surface area contributed by atoms with Crippen LogP contribution >= 0.6 is 11.6 Å². The first-order valence-electron chi connectivity index (χ1n) is 9.05. The van der Waals surface area contributed by atoms with Crippen molar-refractivity contribution < 1.29 is 14.0 Å². The maximum Gasteiger partial charge on any atom is 0.255 e. The second-order valence-electron chi connectivity index (χ2n) is 6.82. The van der Waals surface area contributed by atoms with E-state index in [0.717, 1.165) is 0 Å². The number of hydrogen-bond donors (Lipinski definition) is 1. The molecule has 1 fully saturated rings. The van der Waals surface area contributed by atoms with E-state index in [2.05, 4.69) is 5.32 Å². The van der Waals surface area contributed by atoms with Crippen molar-refractivity contribution >= 4 is 23.4 Å². The maximum absolute atomic E-state index is 14.3. The lowest BCUT2D eigenvalue weighted by molar-refractivity contribution is -0.134. The SMILES string of the molecule is O=C1CCC(c2cc(F)cc(-c3ccc(-n4ccccc4=O)cc3)c2Cl)C(=O)N1. The summed E-state index contributed by atoms with van der Waals surface area (Å²) in [5.41, 5.74) is 1.95. The summed E-state index contributed by atoms with van der Waals surface area (Å²) in [6, 6.07) is 14.4. The normalized spacial score (nSPS) is 16.6. The van der Waals surface area contributed by atoms with Gasteiger partial charge in [-0.05, 0) is 47.9 Å². The van der Waals surface area contributed by atoms with Crippen LogP contribution in [0.25, 0.3) is 16.8 Å². The molecule has 0 saturated carbocycles. The number of amides is 2. The van der Waals surface area contributed by atoms with Crippen molar-refractivity contribution in [2.45, 2.75) is 18.8 Å². The molecule has 0 radical (unpaired) electrons. The lowest BCUT2D eigenvalue weighted by atomic mass is 9.88. The zero-order valence-electron chi connectivity index (χ0n) is 15.2. The Morgan fingerprint density at radius 2 is 1.79 bits per heavy atom. The second-order valence-corrected chi connectivity index (χ2v) is 7.19. The maximum atomic E-state index is 14.3. The Kier molecular flexibility index (Phi) is 5.03. The minimum atomic E-state index is -0.684. The lowest BCUT2D eigenvalue weighted by Crippen LogP contribution is -2.39. The van der Waals surface area contributed by atoms with Crippen molar-refractivity contribution in [1.29, 1.82) is 0 Å². The van der Waals surface area contributed by atoms with Crippen molar-refractivity contribution in [3.63, 3.8) is 0 Å².